The summed E-state index contributed by atoms with van der Waals surface area (Å²) in [6, 6.07) is 19.3. The van der Waals surface area contributed by atoms with Gasteiger partial charge in [-0.15, -0.1) is 11.3 Å². The van der Waals surface area contributed by atoms with Gasteiger partial charge in [0.1, 0.15) is 0 Å². The Morgan fingerprint density at radius 1 is 0.964 bits per heavy atom. The van der Waals surface area contributed by atoms with Crippen molar-refractivity contribution in [3.8, 4) is 10.4 Å². The number of likely N-dealkylation sites (tertiary alicyclic amines) is 2. The number of rotatable bonds is 4. The van der Waals surface area contributed by atoms with Gasteiger partial charge in [-0.25, -0.2) is 0 Å². The first-order valence-corrected chi connectivity index (χ1v) is 11.2. The highest BCUT2D eigenvalue weighted by Gasteiger charge is 2.31. The quantitative estimate of drug-likeness (QED) is 0.606. The molecule has 1 atom stereocenters. The first-order valence-electron chi connectivity index (χ1n) is 10.4. The van der Waals surface area contributed by atoms with E-state index < -0.39 is 0 Å². The van der Waals surface area contributed by atoms with E-state index in [0.717, 1.165) is 31.5 Å². The topological polar surface area (TPSA) is 23.6 Å². The molecule has 2 aliphatic rings. The largest absolute Gasteiger partial charge is 0.334 e. The number of fused-ring (bicyclic) bond motifs is 1. The molecular weight excluding hydrogens is 364 g/mol. The number of benzene rings is 2. The molecule has 1 aromatic heterocycles. The molecular formula is C24H26N2OS. The van der Waals surface area contributed by atoms with Crippen LogP contribution in [0.1, 0.15) is 36.0 Å². The summed E-state index contributed by atoms with van der Waals surface area (Å²) in [5.41, 5.74) is 2.01. The van der Waals surface area contributed by atoms with Crippen LogP contribution >= 0.6 is 11.3 Å². The van der Waals surface area contributed by atoms with Crippen molar-refractivity contribution < 1.29 is 4.79 Å². The fourth-order valence-electron chi connectivity index (χ4n) is 4.62. The number of amides is 1. The normalized spacial score (nSPS) is 20.3. The second-order valence-corrected chi connectivity index (χ2v) is 9.11. The van der Waals surface area contributed by atoms with E-state index in [0.29, 0.717) is 6.04 Å². The minimum absolute atomic E-state index is 0.199. The zero-order valence-electron chi connectivity index (χ0n) is 16.1. The third-order valence-corrected chi connectivity index (χ3v) is 7.31. The van der Waals surface area contributed by atoms with Crippen molar-refractivity contribution in [3.05, 3.63) is 60.2 Å². The average Bonchev–Trinajstić information content (AvgIpc) is 3.48. The van der Waals surface area contributed by atoms with Crippen molar-refractivity contribution >= 4 is 27.3 Å². The number of nitrogens with zero attached hydrogens (tertiary/aromatic N) is 2. The van der Waals surface area contributed by atoms with E-state index in [4.69, 9.17) is 0 Å². The van der Waals surface area contributed by atoms with Crippen molar-refractivity contribution in [3.63, 3.8) is 0 Å². The van der Waals surface area contributed by atoms with Crippen LogP contribution in [0.25, 0.3) is 20.5 Å². The van der Waals surface area contributed by atoms with E-state index in [1.165, 1.54) is 46.5 Å². The summed E-state index contributed by atoms with van der Waals surface area (Å²) in [7, 11) is 0. The lowest BCUT2D eigenvalue weighted by atomic mass is 10.1. The molecule has 2 aliphatic heterocycles. The smallest absolute Gasteiger partial charge is 0.254 e. The molecule has 1 amide bonds. The van der Waals surface area contributed by atoms with Gasteiger partial charge in [0, 0.05) is 34.3 Å². The predicted molar refractivity (Wildman–Crippen MR) is 117 cm³/mol. The van der Waals surface area contributed by atoms with Crippen LogP contribution in [0.2, 0.25) is 0 Å². The maximum absolute atomic E-state index is 13.1. The van der Waals surface area contributed by atoms with Crippen LogP contribution in [0, 0.1) is 0 Å². The monoisotopic (exact) mass is 390 g/mol. The molecule has 0 spiro atoms. The Morgan fingerprint density at radius 2 is 1.75 bits per heavy atom. The molecule has 2 aromatic carbocycles. The molecule has 144 valence electrons. The lowest BCUT2D eigenvalue weighted by Gasteiger charge is -2.28. The SMILES string of the molecule is O=C(c1ccc(-c2cc3ccccc3s2)cc1)N1CCCC1CN1CCCC1. The zero-order valence-corrected chi connectivity index (χ0v) is 17.0. The second-order valence-electron chi connectivity index (χ2n) is 8.03. The van der Waals surface area contributed by atoms with Gasteiger partial charge in [-0.1, -0.05) is 30.3 Å². The Balaban J connectivity index is 1.32. The van der Waals surface area contributed by atoms with Gasteiger partial charge in [-0.2, -0.15) is 0 Å². The van der Waals surface area contributed by atoms with Crippen LogP contribution in [-0.4, -0.2) is 47.9 Å². The molecule has 2 saturated heterocycles. The molecule has 3 heterocycles. The van der Waals surface area contributed by atoms with Gasteiger partial charge in [0.25, 0.3) is 5.91 Å². The van der Waals surface area contributed by atoms with Crippen LogP contribution in [0.15, 0.2) is 54.6 Å². The maximum atomic E-state index is 13.1. The third-order valence-electron chi connectivity index (χ3n) is 6.15. The number of hydrogen-bond acceptors (Lipinski definition) is 3. The maximum Gasteiger partial charge on any atom is 0.254 e. The molecule has 3 nitrogen and oxygen atoms in total. The lowest BCUT2D eigenvalue weighted by Crippen LogP contribution is -2.42. The Hall–Kier alpha value is -2.17. The summed E-state index contributed by atoms with van der Waals surface area (Å²) >= 11 is 1.81. The van der Waals surface area contributed by atoms with E-state index in [-0.39, 0.29) is 5.91 Å². The van der Waals surface area contributed by atoms with E-state index in [9.17, 15) is 4.79 Å². The molecule has 0 saturated carbocycles. The van der Waals surface area contributed by atoms with Crippen LogP contribution < -0.4 is 0 Å². The van der Waals surface area contributed by atoms with Gasteiger partial charge in [0.05, 0.1) is 0 Å². The van der Waals surface area contributed by atoms with E-state index in [2.05, 4.69) is 52.3 Å². The molecule has 5 rings (SSSR count). The second kappa shape index (κ2) is 7.69. The predicted octanol–water partition coefficient (Wildman–Crippen LogP) is 5.27. The average molecular weight is 391 g/mol. The molecule has 4 heteroatoms. The Bertz CT molecular complexity index is 939. The first-order chi connectivity index (χ1) is 13.8. The fourth-order valence-corrected chi connectivity index (χ4v) is 5.69. The Morgan fingerprint density at radius 3 is 2.54 bits per heavy atom. The third kappa shape index (κ3) is 3.47. The summed E-state index contributed by atoms with van der Waals surface area (Å²) in [5, 5.41) is 1.28. The summed E-state index contributed by atoms with van der Waals surface area (Å²) in [5.74, 6) is 0.199. The minimum atomic E-state index is 0.199. The number of carbonyl (C=O) groups is 1. The van der Waals surface area contributed by atoms with Gasteiger partial charge in [-0.05, 0) is 74.0 Å². The van der Waals surface area contributed by atoms with E-state index >= 15 is 0 Å². The summed E-state index contributed by atoms with van der Waals surface area (Å²) < 4.78 is 1.31. The van der Waals surface area contributed by atoms with E-state index in [1.54, 1.807) is 0 Å². The number of hydrogen-bond donors (Lipinski definition) is 0. The Labute approximate surface area is 170 Å². The molecule has 0 radical (unpaired) electrons. The Kier molecular flexibility index (Phi) is 4.91. The first kappa shape index (κ1) is 17.9. The summed E-state index contributed by atoms with van der Waals surface area (Å²) in [6.07, 6.45) is 4.88. The number of thiophene rings is 1. The molecule has 1 unspecified atom stereocenters. The number of carbonyl (C=O) groups excluding carboxylic acids is 1. The highest BCUT2D eigenvalue weighted by molar-refractivity contribution is 7.22. The van der Waals surface area contributed by atoms with Crippen molar-refractivity contribution in [1.82, 2.24) is 9.80 Å². The van der Waals surface area contributed by atoms with E-state index in [1.807, 2.05) is 23.5 Å². The molecule has 3 aromatic rings. The molecule has 0 N–H and O–H groups in total. The van der Waals surface area contributed by atoms with Gasteiger partial charge in [0.2, 0.25) is 0 Å². The molecule has 2 fully saturated rings. The standard InChI is InChI=1S/C24H26N2OS/c27-24(26-15-5-7-21(26)17-25-13-3-4-14-25)19-11-9-18(10-12-19)23-16-20-6-1-2-8-22(20)28-23/h1-2,6,8-12,16,21H,3-5,7,13-15,17H2. The molecule has 28 heavy (non-hydrogen) atoms. The highest BCUT2D eigenvalue weighted by atomic mass is 32.1. The van der Waals surface area contributed by atoms with Crippen LogP contribution in [0.4, 0.5) is 0 Å². The van der Waals surface area contributed by atoms with Crippen LogP contribution in [-0.2, 0) is 0 Å². The highest BCUT2D eigenvalue weighted by Crippen LogP contribution is 2.33. The van der Waals surface area contributed by atoms with Crippen molar-refractivity contribution in [2.75, 3.05) is 26.2 Å². The van der Waals surface area contributed by atoms with Gasteiger partial charge >= 0.3 is 0 Å². The van der Waals surface area contributed by atoms with Gasteiger partial charge in [-0.3, -0.25) is 4.79 Å². The lowest BCUT2D eigenvalue weighted by molar-refractivity contribution is 0.0709. The minimum Gasteiger partial charge on any atom is -0.334 e. The van der Waals surface area contributed by atoms with Crippen molar-refractivity contribution in [2.24, 2.45) is 0 Å². The summed E-state index contributed by atoms with van der Waals surface area (Å²) in [4.78, 5) is 19.0. The van der Waals surface area contributed by atoms with Crippen molar-refractivity contribution in [1.29, 1.82) is 0 Å². The molecule has 0 aliphatic carbocycles. The van der Waals surface area contributed by atoms with Crippen LogP contribution in [0.5, 0.6) is 0 Å². The van der Waals surface area contributed by atoms with Gasteiger partial charge < -0.3 is 9.80 Å². The molecule has 0 bridgehead atoms. The van der Waals surface area contributed by atoms with Crippen LogP contribution in [0.3, 0.4) is 0 Å². The summed E-state index contributed by atoms with van der Waals surface area (Å²) in [6.45, 7) is 4.34. The zero-order chi connectivity index (χ0) is 18.9. The van der Waals surface area contributed by atoms with Crippen molar-refractivity contribution in [2.45, 2.75) is 31.7 Å². The fraction of sp³-hybridized carbons (Fsp3) is 0.375. The van der Waals surface area contributed by atoms with Gasteiger partial charge in [0.15, 0.2) is 0 Å².